The van der Waals surface area contributed by atoms with Gasteiger partial charge in [-0.15, -0.1) is 0 Å². The summed E-state index contributed by atoms with van der Waals surface area (Å²) in [6.07, 6.45) is 3.17. The molecule has 0 atom stereocenters. The van der Waals surface area contributed by atoms with Crippen LogP contribution in [0.4, 0.5) is 4.39 Å². The van der Waals surface area contributed by atoms with Gasteiger partial charge in [-0.1, -0.05) is 30.3 Å². The predicted octanol–water partition coefficient (Wildman–Crippen LogP) is 1.03. The predicted molar refractivity (Wildman–Crippen MR) is 67.4 cm³/mol. The van der Waals surface area contributed by atoms with E-state index in [0.29, 0.717) is 10.8 Å². The number of allylic oxidation sites excluding steroid dienone is 1. The van der Waals surface area contributed by atoms with Crippen molar-refractivity contribution in [3.05, 3.63) is 74.8 Å². The van der Waals surface area contributed by atoms with Gasteiger partial charge < -0.3 is 0 Å². The monoisotopic (exact) mass is 260 g/mol. The number of aromatic nitrogens is 2. The summed E-state index contributed by atoms with van der Waals surface area (Å²) in [5.41, 5.74) is -1.37. The molecule has 0 amide bonds. The third-order valence-corrected chi connectivity index (χ3v) is 2.35. The maximum Gasteiger partial charge on any atom is 0.335 e. The minimum Gasteiger partial charge on any atom is -0.271 e. The van der Waals surface area contributed by atoms with Gasteiger partial charge in [-0.25, -0.2) is 9.36 Å². The fraction of sp³-hybridized carbons (Fsp3) is 0. The van der Waals surface area contributed by atoms with E-state index in [2.05, 4.69) is 0 Å². The number of carbonyl (C=O) groups excluding carboxylic acids is 1. The minimum absolute atomic E-state index is 0.496. The number of nitrogens with one attached hydrogen (secondary N) is 1. The first-order valence-corrected chi connectivity index (χ1v) is 5.37. The summed E-state index contributed by atoms with van der Waals surface area (Å²) in [6.45, 7) is 0. The van der Waals surface area contributed by atoms with Crippen LogP contribution in [0.2, 0.25) is 0 Å². The van der Waals surface area contributed by atoms with Gasteiger partial charge in [0.15, 0.2) is 0 Å². The molecule has 0 radical (unpaired) electrons. The van der Waals surface area contributed by atoms with E-state index in [1.54, 1.807) is 29.2 Å². The Balaban J connectivity index is 2.31. The van der Waals surface area contributed by atoms with Gasteiger partial charge in [0.1, 0.15) is 0 Å². The number of H-pyrrole nitrogens is 1. The normalized spacial score (nSPS) is 10.8. The molecule has 19 heavy (non-hydrogen) atoms. The number of rotatable bonds is 2. The third-order valence-electron chi connectivity index (χ3n) is 2.35. The Bertz CT molecular complexity index is 744. The fourth-order valence-electron chi connectivity index (χ4n) is 1.42. The zero-order chi connectivity index (χ0) is 13.8. The Labute approximate surface area is 106 Å². The quantitative estimate of drug-likeness (QED) is 0.820. The first-order valence-electron chi connectivity index (χ1n) is 5.37. The number of hydrogen-bond acceptors (Lipinski definition) is 3. The van der Waals surface area contributed by atoms with Crippen molar-refractivity contribution in [2.24, 2.45) is 0 Å². The molecule has 0 unspecified atom stereocenters. The van der Waals surface area contributed by atoms with Gasteiger partial charge in [0.25, 0.3) is 11.5 Å². The molecule has 1 aromatic heterocycles. The van der Waals surface area contributed by atoms with Crippen molar-refractivity contribution in [3.63, 3.8) is 0 Å². The molecule has 1 aromatic carbocycles. The first-order chi connectivity index (χ1) is 9.08. The molecule has 0 aliphatic heterocycles. The molecule has 2 rings (SSSR count). The summed E-state index contributed by atoms with van der Waals surface area (Å²) in [7, 11) is 0. The molecule has 6 heteroatoms. The standard InChI is InChI=1S/C13H9FN2O3/c14-10-8-16(13(19)15-12(10)18)11(17)7-6-9-4-2-1-3-5-9/h1-8H,(H,15,18,19). The molecule has 0 saturated carbocycles. The van der Waals surface area contributed by atoms with Crippen molar-refractivity contribution < 1.29 is 9.18 Å². The number of carbonyl (C=O) groups is 1. The zero-order valence-corrected chi connectivity index (χ0v) is 9.67. The van der Waals surface area contributed by atoms with E-state index in [0.717, 1.165) is 11.6 Å². The number of halogens is 1. The van der Waals surface area contributed by atoms with E-state index in [-0.39, 0.29) is 0 Å². The lowest BCUT2D eigenvalue weighted by atomic mass is 10.2. The topological polar surface area (TPSA) is 71.9 Å². The third kappa shape index (κ3) is 2.92. The number of hydrogen-bond donors (Lipinski definition) is 1. The molecule has 0 aliphatic rings. The van der Waals surface area contributed by atoms with Crippen molar-refractivity contribution >= 4 is 12.0 Å². The highest BCUT2D eigenvalue weighted by Gasteiger charge is 2.07. The van der Waals surface area contributed by atoms with E-state index in [4.69, 9.17) is 0 Å². The molecule has 96 valence electrons. The second kappa shape index (κ2) is 5.26. The maximum absolute atomic E-state index is 13.0. The van der Waals surface area contributed by atoms with Gasteiger partial charge in [-0.3, -0.25) is 14.6 Å². The molecular weight excluding hydrogens is 251 g/mol. The van der Waals surface area contributed by atoms with Crippen molar-refractivity contribution in [3.8, 4) is 0 Å². The molecule has 0 bridgehead atoms. The molecule has 0 aliphatic carbocycles. The second-order valence-electron chi connectivity index (χ2n) is 3.69. The van der Waals surface area contributed by atoms with E-state index in [9.17, 15) is 18.8 Å². The first kappa shape index (κ1) is 12.7. The summed E-state index contributed by atoms with van der Waals surface area (Å²) < 4.78 is 13.5. The molecule has 0 spiro atoms. The molecule has 1 heterocycles. The average molecular weight is 260 g/mol. The van der Waals surface area contributed by atoms with Crippen molar-refractivity contribution in [2.45, 2.75) is 0 Å². The van der Waals surface area contributed by atoms with Crippen molar-refractivity contribution in [1.29, 1.82) is 0 Å². The lowest BCUT2D eigenvalue weighted by molar-refractivity contribution is 0.0962. The SMILES string of the molecule is O=C(C=Cc1ccccc1)n1cc(F)c(=O)[nH]c1=O. The van der Waals surface area contributed by atoms with Crippen LogP contribution in [0.1, 0.15) is 10.4 Å². The Kier molecular flexibility index (Phi) is 3.51. The Morgan fingerprint density at radius 2 is 1.89 bits per heavy atom. The van der Waals surface area contributed by atoms with Crippen LogP contribution in [-0.4, -0.2) is 15.5 Å². The van der Waals surface area contributed by atoms with Crippen molar-refractivity contribution in [1.82, 2.24) is 9.55 Å². The maximum atomic E-state index is 13.0. The minimum atomic E-state index is -1.19. The van der Waals surface area contributed by atoms with E-state index >= 15 is 0 Å². The van der Waals surface area contributed by atoms with Crippen LogP contribution in [0.15, 0.2) is 52.2 Å². The number of nitrogens with zero attached hydrogens (tertiary/aromatic N) is 1. The van der Waals surface area contributed by atoms with Crippen LogP contribution in [0.3, 0.4) is 0 Å². The van der Waals surface area contributed by atoms with Crippen molar-refractivity contribution in [2.75, 3.05) is 0 Å². The molecule has 2 aromatic rings. The fourth-order valence-corrected chi connectivity index (χ4v) is 1.42. The van der Waals surface area contributed by atoms with Crippen LogP contribution < -0.4 is 11.2 Å². The highest BCUT2D eigenvalue weighted by Crippen LogP contribution is 2.01. The summed E-state index contributed by atoms with van der Waals surface area (Å²) in [5.74, 6) is -1.94. The Morgan fingerprint density at radius 3 is 2.58 bits per heavy atom. The van der Waals surface area contributed by atoms with Crippen LogP contribution in [0.25, 0.3) is 6.08 Å². The Morgan fingerprint density at radius 1 is 1.21 bits per heavy atom. The van der Waals surface area contributed by atoms with Gasteiger partial charge in [0.05, 0.1) is 6.20 Å². The van der Waals surface area contributed by atoms with E-state index < -0.39 is 23.0 Å². The molecular formula is C13H9FN2O3. The van der Waals surface area contributed by atoms with Gasteiger partial charge >= 0.3 is 5.69 Å². The summed E-state index contributed by atoms with van der Waals surface area (Å²) in [4.78, 5) is 35.5. The van der Waals surface area contributed by atoms with Crippen LogP contribution >= 0.6 is 0 Å². The van der Waals surface area contributed by atoms with Gasteiger partial charge in [0.2, 0.25) is 5.82 Å². The lowest BCUT2D eigenvalue weighted by Crippen LogP contribution is -2.34. The van der Waals surface area contributed by atoms with Gasteiger partial charge in [0, 0.05) is 6.08 Å². The van der Waals surface area contributed by atoms with Crippen LogP contribution in [-0.2, 0) is 0 Å². The zero-order valence-electron chi connectivity index (χ0n) is 9.67. The van der Waals surface area contributed by atoms with E-state index in [1.165, 1.54) is 6.08 Å². The molecule has 0 saturated heterocycles. The number of aromatic amines is 1. The van der Waals surface area contributed by atoms with Crippen LogP contribution in [0, 0.1) is 5.82 Å². The molecule has 5 nitrogen and oxygen atoms in total. The Hall–Kier alpha value is -2.76. The molecule has 1 N–H and O–H groups in total. The molecule has 0 fully saturated rings. The number of benzene rings is 1. The second-order valence-corrected chi connectivity index (χ2v) is 3.69. The van der Waals surface area contributed by atoms with Crippen LogP contribution in [0.5, 0.6) is 0 Å². The highest BCUT2D eigenvalue weighted by molar-refractivity contribution is 5.93. The summed E-state index contributed by atoms with van der Waals surface area (Å²) >= 11 is 0. The largest absolute Gasteiger partial charge is 0.335 e. The van der Waals surface area contributed by atoms with Gasteiger partial charge in [-0.2, -0.15) is 4.39 Å². The van der Waals surface area contributed by atoms with E-state index in [1.807, 2.05) is 6.07 Å². The average Bonchev–Trinajstić information content (AvgIpc) is 2.41. The lowest BCUT2D eigenvalue weighted by Gasteiger charge is -1.99. The highest BCUT2D eigenvalue weighted by atomic mass is 19.1. The van der Waals surface area contributed by atoms with Gasteiger partial charge in [-0.05, 0) is 11.6 Å². The smallest absolute Gasteiger partial charge is 0.271 e. The summed E-state index contributed by atoms with van der Waals surface area (Å²) in [6, 6.07) is 8.92. The summed E-state index contributed by atoms with van der Waals surface area (Å²) in [5, 5.41) is 0.